The van der Waals surface area contributed by atoms with Gasteiger partial charge in [0.15, 0.2) is 0 Å². The molecule has 0 aliphatic carbocycles. The summed E-state index contributed by atoms with van der Waals surface area (Å²) >= 11 is 5.85. The molecule has 8 heteroatoms. The van der Waals surface area contributed by atoms with Crippen molar-refractivity contribution in [3.63, 3.8) is 0 Å². The second kappa shape index (κ2) is 7.64. The monoisotopic (exact) mass is 442 g/mol. The van der Waals surface area contributed by atoms with Crippen molar-refractivity contribution in [2.24, 2.45) is 0 Å². The van der Waals surface area contributed by atoms with E-state index < -0.39 is 5.82 Å². The van der Waals surface area contributed by atoms with Gasteiger partial charge in [0, 0.05) is 42.8 Å². The number of halogens is 2. The zero-order chi connectivity index (χ0) is 22.5. The molecule has 3 heterocycles. The molecular formula is C23H24ClFN4O2. The van der Waals surface area contributed by atoms with Crippen LogP contribution in [0.2, 0.25) is 5.02 Å². The quantitative estimate of drug-likeness (QED) is 0.598. The van der Waals surface area contributed by atoms with E-state index in [1.165, 1.54) is 17.0 Å². The summed E-state index contributed by atoms with van der Waals surface area (Å²) in [5.41, 5.74) is 2.08. The third-order valence-corrected chi connectivity index (χ3v) is 5.88. The number of carbonyl (C=O) groups is 2. The van der Waals surface area contributed by atoms with Crippen molar-refractivity contribution in [2.45, 2.75) is 26.3 Å². The molecule has 2 aromatic heterocycles. The van der Waals surface area contributed by atoms with Gasteiger partial charge in [0.05, 0.1) is 5.02 Å². The van der Waals surface area contributed by atoms with E-state index >= 15 is 0 Å². The van der Waals surface area contributed by atoms with E-state index in [4.69, 9.17) is 11.6 Å². The lowest BCUT2D eigenvalue weighted by Crippen LogP contribution is -2.50. The van der Waals surface area contributed by atoms with Gasteiger partial charge >= 0.3 is 0 Å². The van der Waals surface area contributed by atoms with E-state index in [1.807, 2.05) is 37.6 Å². The predicted molar refractivity (Wildman–Crippen MR) is 119 cm³/mol. The Morgan fingerprint density at radius 1 is 1.16 bits per heavy atom. The van der Waals surface area contributed by atoms with Gasteiger partial charge in [0.1, 0.15) is 23.7 Å². The summed E-state index contributed by atoms with van der Waals surface area (Å²) in [4.78, 5) is 32.9. The second-order valence-corrected chi connectivity index (χ2v) is 9.23. The van der Waals surface area contributed by atoms with Crippen molar-refractivity contribution in [2.75, 3.05) is 26.7 Å². The number of fused-ring (bicyclic) bond motifs is 1. The smallest absolute Gasteiger partial charge is 0.273 e. The summed E-state index contributed by atoms with van der Waals surface area (Å²) in [6.45, 7) is 7.12. The zero-order valence-corrected chi connectivity index (χ0v) is 18.7. The van der Waals surface area contributed by atoms with Crippen LogP contribution in [-0.4, -0.2) is 57.8 Å². The van der Waals surface area contributed by atoms with Crippen molar-refractivity contribution in [3.8, 4) is 11.1 Å². The van der Waals surface area contributed by atoms with Gasteiger partial charge in [-0.2, -0.15) is 0 Å². The summed E-state index contributed by atoms with van der Waals surface area (Å²) < 4.78 is 16.1. The van der Waals surface area contributed by atoms with Crippen molar-refractivity contribution >= 4 is 34.4 Å². The fourth-order valence-electron chi connectivity index (χ4n) is 3.72. The summed E-state index contributed by atoms with van der Waals surface area (Å²) in [7, 11) is 1.73. The minimum absolute atomic E-state index is 0.0463. The SMILES string of the molecule is CN1CCN(C(=O)c2ccc3c(-c4ccc(Cl)c(F)c4)cn(C(C)(C)C)c3n2)CC1=O. The first kappa shape index (κ1) is 21.3. The lowest BCUT2D eigenvalue weighted by Gasteiger charge is -2.31. The molecule has 1 fully saturated rings. The van der Waals surface area contributed by atoms with Crippen LogP contribution in [0.25, 0.3) is 22.2 Å². The average Bonchev–Trinajstić information content (AvgIpc) is 3.11. The van der Waals surface area contributed by atoms with Crippen LogP contribution in [0, 0.1) is 5.82 Å². The van der Waals surface area contributed by atoms with Crippen molar-refractivity contribution in [1.82, 2.24) is 19.4 Å². The number of hydrogen-bond donors (Lipinski definition) is 0. The van der Waals surface area contributed by atoms with Crippen molar-refractivity contribution in [1.29, 1.82) is 0 Å². The Labute approximate surface area is 185 Å². The Kier molecular flexibility index (Phi) is 5.25. The number of aromatic nitrogens is 2. The molecule has 4 rings (SSSR count). The highest BCUT2D eigenvalue weighted by Gasteiger charge is 2.28. The summed E-state index contributed by atoms with van der Waals surface area (Å²) in [5.74, 6) is -0.856. The molecule has 1 saturated heterocycles. The highest BCUT2D eigenvalue weighted by molar-refractivity contribution is 6.30. The molecule has 1 aliphatic rings. The van der Waals surface area contributed by atoms with Crippen LogP contribution in [0.1, 0.15) is 31.3 Å². The molecule has 3 aromatic rings. The fourth-order valence-corrected chi connectivity index (χ4v) is 3.84. The van der Waals surface area contributed by atoms with Crippen molar-refractivity contribution in [3.05, 3.63) is 53.1 Å². The van der Waals surface area contributed by atoms with Crippen LogP contribution in [-0.2, 0) is 10.3 Å². The molecule has 6 nitrogen and oxygen atoms in total. The highest BCUT2D eigenvalue weighted by atomic mass is 35.5. The van der Waals surface area contributed by atoms with Gasteiger partial charge in [-0.3, -0.25) is 9.59 Å². The molecule has 0 radical (unpaired) electrons. The number of nitrogens with zero attached hydrogens (tertiary/aromatic N) is 4. The molecule has 1 aliphatic heterocycles. The molecular weight excluding hydrogens is 419 g/mol. The van der Waals surface area contributed by atoms with Crippen LogP contribution in [0.5, 0.6) is 0 Å². The Balaban J connectivity index is 1.81. The van der Waals surface area contributed by atoms with Gasteiger partial charge in [0.2, 0.25) is 5.91 Å². The Bertz CT molecular complexity index is 1200. The van der Waals surface area contributed by atoms with Gasteiger partial charge in [-0.25, -0.2) is 9.37 Å². The molecule has 31 heavy (non-hydrogen) atoms. The summed E-state index contributed by atoms with van der Waals surface area (Å²) in [6, 6.07) is 8.19. The third kappa shape index (κ3) is 3.90. The minimum atomic E-state index is -0.490. The number of pyridine rings is 1. The first-order valence-corrected chi connectivity index (χ1v) is 10.5. The van der Waals surface area contributed by atoms with E-state index in [9.17, 15) is 14.0 Å². The summed E-state index contributed by atoms with van der Waals surface area (Å²) in [5, 5.41) is 0.874. The number of hydrogen-bond acceptors (Lipinski definition) is 3. The molecule has 2 amide bonds. The maximum atomic E-state index is 14.1. The standard InChI is InChI=1S/C23H24ClFN4O2/c1-23(2,3)29-12-16(14-5-7-17(24)18(25)11-14)15-6-8-19(26-21(15)29)22(31)28-10-9-27(4)20(30)13-28/h5-8,11-12H,9-10,13H2,1-4H3. The number of carbonyl (C=O) groups excluding carboxylic acids is 2. The van der Waals surface area contributed by atoms with Crippen LogP contribution < -0.4 is 0 Å². The number of amides is 2. The second-order valence-electron chi connectivity index (χ2n) is 8.82. The topological polar surface area (TPSA) is 58.4 Å². The van der Waals surface area contributed by atoms with Gasteiger partial charge in [-0.05, 0) is 50.6 Å². The maximum absolute atomic E-state index is 14.1. The van der Waals surface area contributed by atoms with E-state index in [-0.39, 0.29) is 34.6 Å². The summed E-state index contributed by atoms with van der Waals surface area (Å²) in [6.07, 6.45) is 1.92. The van der Waals surface area contributed by atoms with Crippen LogP contribution >= 0.6 is 11.6 Å². The first-order chi connectivity index (χ1) is 14.6. The number of rotatable bonds is 2. The van der Waals surface area contributed by atoms with Gasteiger partial charge in [0.25, 0.3) is 5.91 Å². The molecule has 1 aromatic carbocycles. The fraction of sp³-hybridized carbons (Fsp3) is 0.348. The van der Waals surface area contributed by atoms with Gasteiger partial charge in [-0.15, -0.1) is 0 Å². The van der Waals surface area contributed by atoms with Crippen LogP contribution in [0.4, 0.5) is 4.39 Å². The van der Waals surface area contributed by atoms with E-state index in [0.717, 1.165) is 10.9 Å². The lowest BCUT2D eigenvalue weighted by molar-refractivity contribution is -0.133. The normalized spacial score (nSPS) is 15.1. The molecule has 162 valence electrons. The lowest BCUT2D eigenvalue weighted by atomic mass is 10.1. The first-order valence-electron chi connectivity index (χ1n) is 10.1. The molecule has 0 bridgehead atoms. The van der Waals surface area contributed by atoms with E-state index in [0.29, 0.717) is 24.3 Å². The Hall–Kier alpha value is -2.93. The third-order valence-electron chi connectivity index (χ3n) is 5.57. The van der Waals surface area contributed by atoms with Gasteiger partial charge < -0.3 is 14.4 Å². The Morgan fingerprint density at radius 3 is 2.55 bits per heavy atom. The number of likely N-dealkylation sites (N-methyl/N-ethyl adjacent to an activating group) is 1. The van der Waals surface area contributed by atoms with E-state index in [1.54, 1.807) is 24.1 Å². The number of piperazine rings is 1. The largest absolute Gasteiger partial charge is 0.342 e. The maximum Gasteiger partial charge on any atom is 0.273 e. The average molecular weight is 443 g/mol. The van der Waals surface area contributed by atoms with Crippen LogP contribution in [0.3, 0.4) is 0 Å². The van der Waals surface area contributed by atoms with Crippen molar-refractivity contribution < 1.29 is 14.0 Å². The highest BCUT2D eigenvalue weighted by Crippen LogP contribution is 2.34. The minimum Gasteiger partial charge on any atom is -0.342 e. The predicted octanol–water partition coefficient (Wildman–Crippen LogP) is 4.17. The van der Waals surface area contributed by atoms with E-state index in [2.05, 4.69) is 4.98 Å². The van der Waals surface area contributed by atoms with Crippen LogP contribution in [0.15, 0.2) is 36.5 Å². The van der Waals surface area contributed by atoms with Gasteiger partial charge in [-0.1, -0.05) is 17.7 Å². The molecule has 0 spiro atoms. The molecule has 0 atom stereocenters. The molecule has 0 unspecified atom stereocenters. The zero-order valence-electron chi connectivity index (χ0n) is 17.9. The molecule has 0 N–H and O–H groups in total. The molecule has 0 saturated carbocycles. The Morgan fingerprint density at radius 2 is 1.90 bits per heavy atom. The number of benzene rings is 1.